The van der Waals surface area contributed by atoms with Crippen molar-refractivity contribution in [1.82, 2.24) is 14.9 Å². The van der Waals surface area contributed by atoms with Gasteiger partial charge in [-0.1, -0.05) is 74.0 Å². The lowest BCUT2D eigenvalue weighted by Crippen LogP contribution is -2.29. The molecule has 1 amide bonds. The smallest absolute Gasteiger partial charge is 0.253 e. The van der Waals surface area contributed by atoms with Crippen LogP contribution in [0.3, 0.4) is 0 Å². The number of amides is 1. The molecule has 164 valence electrons. The van der Waals surface area contributed by atoms with Crippen LogP contribution in [0.2, 0.25) is 5.02 Å². The molecule has 4 rings (SSSR count). The lowest BCUT2D eigenvalue weighted by molar-refractivity contribution is 0.0938. The molecule has 0 fully saturated rings. The maximum atomic E-state index is 12.8. The van der Waals surface area contributed by atoms with E-state index in [4.69, 9.17) is 16.6 Å². The summed E-state index contributed by atoms with van der Waals surface area (Å²) in [7, 11) is 0. The second kappa shape index (κ2) is 9.58. The third-order valence-electron chi connectivity index (χ3n) is 6.04. The molecule has 0 saturated heterocycles. The van der Waals surface area contributed by atoms with Crippen molar-refractivity contribution >= 4 is 28.5 Å². The largest absolute Gasteiger partial charge is 0.342 e. The quantitative estimate of drug-likeness (QED) is 0.342. The molecule has 1 heterocycles. The maximum absolute atomic E-state index is 12.8. The standard InChI is InChI=1S/C27H28ClN3O/c1-4-18(2)21-15-13-20(14-16-21)17-31-25-12-8-7-11-24(25)30-26(31)19(3)29-27(32)22-9-5-6-10-23(22)28/h5-16,18-19H,4,17H2,1-3H3,(H,29,32). The Labute approximate surface area is 194 Å². The molecule has 2 atom stereocenters. The van der Waals surface area contributed by atoms with E-state index in [1.165, 1.54) is 11.1 Å². The van der Waals surface area contributed by atoms with Crippen molar-refractivity contribution in [2.24, 2.45) is 0 Å². The molecule has 0 saturated carbocycles. The molecule has 5 heteroatoms. The number of carbonyl (C=O) groups excluding carboxylic acids is 1. The summed E-state index contributed by atoms with van der Waals surface area (Å²) in [5, 5.41) is 3.50. The normalized spacial score (nSPS) is 13.1. The minimum Gasteiger partial charge on any atom is -0.342 e. The predicted octanol–water partition coefficient (Wildman–Crippen LogP) is 6.74. The fourth-order valence-corrected chi connectivity index (χ4v) is 4.17. The first-order chi connectivity index (χ1) is 15.5. The van der Waals surface area contributed by atoms with Gasteiger partial charge in [0.25, 0.3) is 5.91 Å². The first-order valence-corrected chi connectivity index (χ1v) is 11.4. The molecular formula is C27H28ClN3O. The van der Waals surface area contributed by atoms with Crippen LogP contribution in [-0.4, -0.2) is 15.5 Å². The van der Waals surface area contributed by atoms with E-state index in [2.05, 4.69) is 54.1 Å². The van der Waals surface area contributed by atoms with Gasteiger partial charge in [0, 0.05) is 6.54 Å². The number of rotatable bonds is 7. The Morgan fingerprint density at radius 3 is 2.41 bits per heavy atom. The van der Waals surface area contributed by atoms with Gasteiger partial charge in [-0.3, -0.25) is 4.79 Å². The third kappa shape index (κ3) is 4.56. The second-order valence-electron chi connectivity index (χ2n) is 8.27. The number of carbonyl (C=O) groups is 1. The van der Waals surface area contributed by atoms with Crippen LogP contribution in [0.4, 0.5) is 0 Å². The highest BCUT2D eigenvalue weighted by Gasteiger charge is 2.20. The number of nitrogens with one attached hydrogen (secondary N) is 1. The summed E-state index contributed by atoms with van der Waals surface area (Å²) in [6.45, 7) is 7.10. The van der Waals surface area contributed by atoms with Gasteiger partial charge in [-0.25, -0.2) is 4.98 Å². The summed E-state index contributed by atoms with van der Waals surface area (Å²) >= 11 is 6.22. The lowest BCUT2D eigenvalue weighted by atomic mass is 9.97. The zero-order chi connectivity index (χ0) is 22.7. The van der Waals surface area contributed by atoms with Gasteiger partial charge in [-0.15, -0.1) is 0 Å². The second-order valence-corrected chi connectivity index (χ2v) is 8.68. The van der Waals surface area contributed by atoms with Crippen LogP contribution in [0.5, 0.6) is 0 Å². The van der Waals surface area contributed by atoms with Crippen LogP contribution in [0.15, 0.2) is 72.8 Å². The van der Waals surface area contributed by atoms with Crippen LogP contribution in [0.1, 0.15) is 66.5 Å². The highest BCUT2D eigenvalue weighted by atomic mass is 35.5. The molecular weight excluding hydrogens is 418 g/mol. The predicted molar refractivity (Wildman–Crippen MR) is 131 cm³/mol. The first kappa shape index (κ1) is 22.1. The summed E-state index contributed by atoms with van der Waals surface area (Å²) in [5.41, 5.74) is 4.98. The molecule has 0 spiro atoms. The van der Waals surface area contributed by atoms with Gasteiger partial charge < -0.3 is 9.88 Å². The topological polar surface area (TPSA) is 46.9 Å². The molecule has 1 aromatic heterocycles. The minimum absolute atomic E-state index is 0.209. The molecule has 4 aromatic rings. The highest BCUT2D eigenvalue weighted by Crippen LogP contribution is 2.25. The molecule has 32 heavy (non-hydrogen) atoms. The van der Waals surface area contributed by atoms with Gasteiger partial charge in [0.05, 0.1) is 27.7 Å². The number of benzene rings is 3. The number of nitrogens with zero attached hydrogens (tertiary/aromatic N) is 2. The fraction of sp³-hybridized carbons (Fsp3) is 0.259. The Morgan fingerprint density at radius 2 is 1.69 bits per heavy atom. The number of hydrogen-bond donors (Lipinski definition) is 1. The van der Waals surface area contributed by atoms with Gasteiger partial charge in [-0.2, -0.15) is 0 Å². The average molecular weight is 446 g/mol. The van der Waals surface area contributed by atoms with E-state index >= 15 is 0 Å². The van der Waals surface area contributed by atoms with Crippen LogP contribution >= 0.6 is 11.6 Å². The van der Waals surface area contributed by atoms with Gasteiger partial charge in [0.2, 0.25) is 0 Å². The average Bonchev–Trinajstić information content (AvgIpc) is 3.18. The SMILES string of the molecule is CCC(C)c1ccc(Cn2c(C(C)NC(=O)c3ccccc3Cl)nc3ccccc32)cc1. The van der Waals surface area contributed by atoms with Crippen molar-refractivity contribution in [3.63, 3.8) is 0 Å². The Hall–Kier alpha value is -3.11. The number of halogens is 1. The zero-order valence-corrected chi connectivity index (χ0v) is 19.4. The number of fused-ring (bicyclic) bond motifs is 1. The number of hydrogen-bond acceptors (Lipinski definition) is 2. The first-order valence-electron chi connectivity index (χ1n) is 11.1. The van der Waals surface area contributed by atoms with E-state index in [9.17, 15) is 4.79 Å². The molecule has 0 bridgehead atoms. The molecule has 4 nitrogen and oxygen atoms in total. The summed E-state index contributed by atoms with van der Waals surface area (Å²) in [6.07, 6.45) is 1.12. The van der Waals surface area contributed by atoms with Crippen molar-refractivity contribution in [2.75, 3.05) is 0 Å². The fourth-order valence-electron chi connectivity index (χ4n) is 3.95. The summed E-state index contributed by atoms with van der Waals surface area (Å²) < 4.78 is 2.19. The third-order valence-corrected chi connectivity index (χ3v) is 6.37. The number of aromatic nitrogens is 2. The summed E-state index contributed by atoms with van der Waals surface area (Å²) in [4.78, 5) is 17.7. The van der Waals surface area contributed by atoms with E-state index in [0.29, 0.717) is 23.0 Å². The van der Waals surface area contributed by atoms with Gasteiger partial charge in [0.1, 0.15) is 5.82 Å². The van der Waals surface area contributed by atoms with Gasteiger partial charge >= 0.3 is 0 Å². The Kier molecular flexibility index (Phi) is 6.61. The van der Waals surface area contributed by atoms with Crippen molar-refractivity contribution in [2.45, 2.75) is 45.7 Å². The van der Waals surface area contributed by atoms with E-state index in [0.717, 1.165) is 23.3 Å². The highest BCUT2D eigenvalue weighted by molar-refractivity contribution is 6.33. The minimum atomic E-state index is -0.287. The number of imidazole rings is 1. The zero-order valence-electron chi connectivity index (χ0n) is 18.7. The van der Waals surface area contributed by atoms with Crippen LogP contribution in [0, 0.1) is 0 Å². The van der Waals surface area contributed by atoms with E-state index in [1.54, 1.807) is 12.1 Å². The van der Waals surface area contributed by atoms with Crippen LogP contribution in [0.25, 0.3) is 11.0 Å². The van der Waals surface area contributed by atoms with E-state index < -0.39 is 0 Å². The van der Waals surface area contributed by atoms with E-state index in [1.807, 2.05) is 37.3 Å². The van der Waals surface area contributed by atoms with E-state index in [-0.39, 0.29) is 11.9 Å². The number of para-hydroxylation sites is 2. The molecule has 2 unspecified atom stereocenters. The molecule has 0 aliphatic carbocycles. The molecule has 1 N–H and O–H groups in total. The molecule has 0 aliphatic heterocycles. The Bertz CT molecular complexity index is 1230. The Balaban J connectivity index is 1.64. The summed E-state index contributed by atoms with van der Waals surface area (Å²) in [5.74, 6) is 1.16. The Morgan fingerprint density at radius 1 is 1.00 bits per heavy atom. The molecule has 3 aromatic carbocycles. The van der Waals surface area contributed by atoms with Crippen LogP contribution < -0.4 is 5.32 Å². The van der Waals surface area contributed by atoms with Gasteiger partial charge in [-0.05, 0) is 54.7 Å². The maximum Gasteiger partial charge on any atom is 0.253 e. The van der Waals surface area contributed by atoms with Crippen molar-refractivity contribution in [3.05, 3.63) is 100 Å². The van der Waals surface area contributed by atoms with Crippen molar-refractivity contribution < 1.29 is 4.79 Å². The molecule has 0 radical (unpaired) electrons. The van der Waals surface area contributed by atoms with Gasteiger partial charge in [0.15, 0.2) is 0 Å². The van der Waals surface area contributed by atoms with Crippen LogP contribution in [-0.2, 0) is 6.54 Å². The monoisotopic (exact) mass is 445 g/mol. The van der Waals surface area contributed by atoms with Crippen molar-refractivity contribution in [1.29, 1.82) is 0 Å². The molecule has 0 aliphatic rings. The van der Waals surface area contributed by atoms with Crippen molar-refractivity contribution in [3.8, 4) is 0 Å². The summed E-state index contributed by atoms with van der Waals surface area (Å²) in [6, 6.07) is 23.7. The lowest BCUT2D eigenvalue weighted by Gasteiger charge is -2.17.